The van der Waals surface area contributed by atoms with E-state index in [2.05, 4.69) is 4.79 Å². The lowest BCUT2D eigenvalue weighted by Crippen LogP contribution is -2.25. The molecule has 64 valence electrons. The minimum Gasteiger partial charge on any atom is -0.361 e. The van der Waals surface area contributed by atoms with Gasteiger partial charge in [0.15, 0.2) is 5.25 Å². The van der Waals surface area contributed by atoms with Crippen LogP contribution in [0.3, 0.4) is 0 Å². The number of nitrogens with zero attached hydrogens (tertiary/aromatic N) is 2. The molecule has 6 heteroatoms. The number of allylic oxidation sites excluding steroid dienone is 3. The predicted molar refractivity (Wildman–Crippen MR) is 45.5 cm³/mol. The lowest BCUT2D eigenvalue weighted by molar-refractivity contribution is -0.00505. The van der Waals surface area contributed by atoms with E-state index in [1.807, 2.05) is 0 Å². The zero-order valence-electron chi connectivity index (χ0n) is 5.88. The monoisotopic (exact) mass is 204 g/mol. The standard InChI is InChI=1S/C6H5ClN2O2S/c7-12(10,11)6-4-2-1-3-5(6)9-8/h1-4,6H. The molecule has 0 aromatic heterocycles. The van der Waals surface area contributed by atoms with Crippen LogP contribution in [0.25, 0.3) is 5.53 Å². The Labute approximate surface area is 74.2 Å². The average molecular weight is 205 g/mol. The molecule has 0 aliphatic heterocycles. The summed E-state index contributed by atoms with van der Waals surface area (Å²) in [5, 5.41) is -1.05. The minimum absolute atomic E-state index is 0.0208. The summed E-state index contributed by atoms with van der Waals surface area (Å²) >= 11 is 0. The van der Waals surface area contributed by atoms with Crippen LogP contribution in [0.1, 0.15) is 0 Å². The molecule has 0 N–H and O–H groups in total. The largest absolute Gasteiger partial charge is 0.361 e. The molecule has 0 spiro atoms. The van der Waals surface area contributed by atoms with Crippen LogP contribution >= 0.6 is 10.7 Å². The SMILES string of the molecule is [N-]=[N+]=C1C=CC=CC1S(=O)(=O)Cl. The quantitative estimate of drug-likeness (QED) is 0.359. The molecule has 0 saturated carbocycles. The third-order valence-corrected chi connectivity index (χ3v) is 2.96. The maximum absolute atomic E-state index is 10.8. The molecule has 1 aliphatic rings. The van der Waals surface area contributed by atoms with Crippen molar-refractivity contribution in [3.8, 4) is 0 Å². The van der Waals surface area contributed by atoms with E-state index in [9.17, 15) is 8.42 Å². The molecule has 1 aliphatic carbocycles. The molecule has 0 heterocycles. The van der Waals surface area contributed by atoms with E-state index >= 15 is 0 Å². The van der Waals surface area contributed by atoms with Crippen molar-refractivity contribution in [2.45, 2.75) is 5.25 Å². The van der Waals surface area contributed by atoms with Gasteiger partial charge in [-0.25, -0.2) is 8.42 Å². The highest BCUT2D eigenvalue weighted by molar-refractivity contribution is 8.14. The van der Waals surface area contributed by atoms with Crippen molar-refractivity contribution in [3.63, 3.8) is 0 Å². The summed E-state index contributed by atoms with van der Waals surface area (Å²) in [5.74, 6) is 0. The Balaban J connectivity index is 3.16. The maximum atomic E-state index is 10.8. The Kier molecular flexibility index (Phi) is 2.47. The zero-order chi connectivity index (χ0) is 9.19. The Morgan fingerprint density at radius 2 is 2.17 bits per heavy atom. The van der Waals surface area contributed by atoms with Gasteiger partial charge in [0, 0.05) is 16.8 Å². The highest BCUT2D eigenvalue weighted by atomic mass is 35.7. The second-order valence-electron chi connectivity index (χ2n) is 2.17. The third kappa shape index (κ3) is 1.82. The van der Waals surface area contributed by atoms with Gasteiger partial charge in [-0.05, 0) is 0 Å². The molecule has 1 unspecified atom stereocenters. The maximum Gasteiger partial charge on any atom is 0.315 e. The molecule has 12 heavy (non-hydrogen) atoms. The minimum atomic E-state index is -3.74. The van der Waals surface area contributed by atoms with E-state index in [4.69, 9.17) is 16.2 Å². The fraction of sp³-hybridized carbons (Fsp3) is 0.167. The van der Waals surface area contributed by atoms with Gasteiger partial charge in [-0.3, -0.25) is 0 Å². The highest BCUT2D eigenvalue weighted by Crippen LogP contribution is 2.13. The van der Waals surface area contributed by atoms with Crippen LogP contribution in [0.5, 0.6) is 0 Å². The summed E-state index contributed by atoms with van der Waals surface area (Å²) in [5.41, 5.74) is 8.43. The molecule has 1 atom stereocenters. The Hall–Kier alpha value is -0.900. The van der Waals surface area contributed by atoms with E-state index in [1.54, 1.807) is 6.08 Å². The Morgan fingerprint density at radius 3 is 2.58 bits per heavy atom. The lowest BCUT2D eigenvalue weighted by Gasteiger charge is -2.02. The molecule has 4 nitrogen and oxygen atoms in total. The number of rotatable bonds is 1. The van der Waals surface area contributed by atoms with Crippen LogP contribution in [0.4, 0.5) is 0 Å². The average Bonchev–Trinajstić information content (AvgIpc) is 2.03. The first kappa shape index (κ1) is 9.19. The third-order valence-electron chi connectivity index (χ3n) is 1.37. The molecule has 0 amide bonds. The van der Waals surface area contributed by atoms with E-state index in [0.29, 0.717) is 0 Å². The van der Waals surface area contributed by atoms with Crippen LogP contribution in [0.15, 0.2) is 24.3 Å². The van der Waals surface area contributed by atoms with E-state index in [0.717, 1.165) is 0 Å². The molecule has 0 saturated heterocycles. The second-order valence-corrected chi connectivity index (χ2v) is 4.91. The summed E-state index contributed by atoms with van der Waals surface area (Å²) in [6.45, 7) is 0. The van der Waals surface area contributed by atoms with E-state index < -0.39 is 14.3 Å². The van der Waals surface area contributed by atoms with E-state index in [-0.39, 0.29) is 5.71 Å². The van der Waals surface area contributed by atoms with Crippen molar-refractivity contribution in [1.29, 1.82) is 0 Å². The lowest BCUT2D eigenvalue weighted by atomic mass is 10.1. The van der Waals surface area contributed by atoms with Crippen molar-refractivity contribution in [2.75, 3.05) is 0 Å². The van der Waals surface area contributed by atoms with Gasteiger partial charge in [-0.15, -0.1) is 0 Å². The normalized spacial score (nSPS) is 22.4. The fourth-order valence-corrected chi connectivity index (χ4v) is 1.99. The number of halogens is 1. The predicted octanol–water partition coefficient (Wildman–Crippen LogP) is 0.720. The van der Waals surface area contributed by atoms with Crippen LogP contribution < -0.4 is 0 Å². The first-order valence-corrected chi connectivity index (χ1v) is 5.43. The van der Waals surface area contributed by atoms with Crippen molar-refractivity contribution in [2.24, 2.45) is 0 Å². The molecular formula is C6H5ClN2O2S. The first-order valence-electron chi connectivity index (χ1n) is 3.06. The summed E-state index contributed by atoms with van der Waals surface area (Å²) in [4.78, 5) is 2.81. The van der Waals surface area contributed by atoms with Gasteiger partial charge in [-0.2, -0.15) is 4.79 Å². The summed E-state index contributed by atoms with van der Waals surface area (Å²) in [6.07, 6.45) is 5.81. The van der Waals surface area contributed by atoms with Crippen LogP contribution in [-0.4, -0.2) is 24.2 Å². The second kappa shape index (κ2) is 3.23. The highest BCUT2D eigenvalue weighted by Gasteiger charge is 2.31. The summed E-state index contributed by atoms with van der Waals surface area (Å²) in [6, 6.07) is 0. The fourth-order valence-electron chi connectivity index (χ4n) is 0.841. The first-order chi connectivity index (χ1) is 5.55. The van der Waals surface area contributed by atoms with Crippen LogP contribution in [-0.2, 0) is 9.05 Å². The van der Waals surface area contributed by atoms with E-state index in [1.165, 1.54) is 18.2 Å². The Morgan fingerprint density at radius 1 is 1.50 bits per heavy atom. The molecule has 0 fully saturated rings. The number of hydrogen-bond acceptors (Lipinski definition) is 2. The molecule has 0 bridgehead atoms. The molecule has 0 aromatic rings. The van der Waals surface area contributed by atoms with Gasteiger partial charge in [0.1, 0.15) is 0 Å². The number of hydrogen-bond donors (Lipinski definition) is 0. The van der Waals surface area contributed by atoms with Crippen molar-refractivity contribution in [3.05, 3.63) is 29.8 Å². The van der Waals surface area contributed by atoms with Gasteiger partial charge in [0.05, 0.1) is 0 Å². The smallest absolute Gasteiger partial charge is 0.315 e. The van der Waals surface area contributed by atoms with Gasteiger partial charge in [0.25, 0.3) is 9.05 Å². The van der Waals surface area contributed by atoms with Crippen molar-refractivity contribution < 1.29 is 13.2 Å². The summed E-state index contributed by atoms with van der Waals surface area (Å²) in [7, 11) is 1.34. The molecule has 0 radical (unpaired) electrons. The topological polar surface area (TPSA) is 70.5 Å². The van der Waals surface area contributed by atoms with Gasteiger partial charge in [-0.1, -0.05) is 18.2 Å². The van der Waals surface area contributed by atoms with Gasteiger partial charge in [0.2, 0.25) is 0 Å². The molecule has 1 rings (SSSR count). The van der Waals surface area contributed by atoms with Gasteiger partial charge >= 0.3 is 5.71 Å². The van der Waals surface area contributed by atoms with Crippen LogP contribution in [0.2, 0.25) is 0 Å². The Bertz CT molecular complexity index is 390. The zero-order valence-corrected chi connectivity index (χ0v) is 7.46. The van der Waals surface area contributed by atoms with Crippen molar-refractivity contribution >= 4 is 25.4 Å². The van der Waals surface area contributed by atoms with Crippen molar-refractivity contribution in [1.82, 2.24) is 0 Å². The molecule has 0 aromatic carbocycles. The molecular weight excluding hydrogens is 200 g/mol. The summed E-state index contributed by atoms with van der Waals surface area (Å²) < 4.78 is 21.7. The van der Waals surface area contributed by atoms with Gasteiger partial charge < -0.3 is 5.53 Å². The van der Waals surface area contributed by atoms with Crippen LogP contribution in [0, 0.1) is 0 Å².